The lowest BCUT2D eigenvalue weighted by Gasteiger charge is -2.20. The van der Waals surface area contributed by atoms with E-state index in [1.165, 1.54) is 50.9 Å². The second kappa shape index (κ2) is 10.1. The molecule has 0 unspecified atom stereocenters. The average Bonchev–Trinajstić information content (AvgIpc) is 3.20. The third kappa shape index (κ3) is 5.40. The Hall–Kier alpha value is -3.39. The molecule has 0 N–H and O–H groups in total. The van der Waals surface area contributed by atoms with E-state index in [0.29, 0.717) is 28.5 Å². The Labute approximate surface area is 184 Å². The van der Waals surface area contributed by atoms with Crippen LogP contribution >= 0.6 is 11.3 Å². The van der Waals surface area contributed by atoms with Gasteiger partial charge in [-0.25, -0.2) is 9.37 Å². The summed E-state index contributed by atoms with van der Waals surface area (Å²) < 4.78 is 29.4. The summed E-state index contributed by atoms with van der Waals surface area (Å²) in [5, 5.41) is 2.82. The van der Waals surface area contributed by atoms with E-state index in [1.807, 2.05) is 12.3 Å². The first-order valence-corrected chi connectivity index (χ1v) is 10.3. The van der Waals surface area contributed by atoms with Gasteiger partial charge in [-0.3, -0.25) is 4.79 Å². The van der Waals surface area contributed by atoms with Gasteiger partial charge in [0.25, 0.3) is 5.91 Å². The van der Waals surface area contributed by atoms with Crippen LogP contribution in [0.25, 0.3) is 6.08 Å². The summed E-state index contributed by atoms with van der Waals surface area (Å²) in [5.74, 6) is 0.810. The molecule has 1 heterocycles. The van der Waals surface area contributed by atoms with E-state index in [-0.39, 0.29) is 18.3 Å². The number of hydrogen-bond acceptors (Lipinski definition) is 6. The fourth-order valence-corrected chi connectivity index (χ4v) is 3.62. The van der Waals surface area contributed by atoms with Gasteiger partial charge in [-0.05, 0) is 55.0 Å². The number of aryl methyl sites for hydroxylation is 1. The maximum absolute atomic E-state index is 13.4. The van der Waals surface area contributed by atoms with Gasteiger partial charge in [-0.1, -0.05) is 0 Å². The topological polar surface area (TPSA) is 60.9 Å². The Kier molecular flexibility index (Phi) is 7.25. The zero-order valence-corrected chi connectivity index (χ0v) is 18.5. The summed E-state index contributed by atoms with van der Waals surface area (Å²) in [7, 11) is 4.59. The van der Waals surface area contributed by atoms with E-state index in [2.05, 4.69) is 4.98 Å². The molecule has 1 aromatic heterocycles. The molecule has 0 aliphatic heterocycles. The number of aromatic nitrogens is 1. The van der Waals surface area contributed by atoms with Crippen molar-refractivity contribution in [2.45, 2.75) is 13.5 Å². The molecular formula is C23H23FN2O4S. The predicted octanol–water partition coefficient (Wildman–Crippen LogP) is 4.86. The van der Waals surface area contributed by atoms with Crippen molar-refractivity contribution in [1.82, 2.24) is 4.98 Å². The van der Waals surface area contributed by atoms with Gasteiger partial charge in [0.1, 0.15) is 5.82 Å². The van der Waals surface area contributed by atoms with Crippen molar-refractivity contribution in [2.75, 3.05) is 26.2 Å². The fourth-order valence-electron chi connectivity index (χ4n) is 3.02. The highest BCUT2D eigenvalue weighted by Gasteiger charge is 2.17. The van der Waals surface area contributed by atoms with E-state index >= 15 is 0 Å². The van der Waals surface area contributed by atoms with Crippen LogP contribution in [-0.4, -0.2) is 32.2 Å². The van der Waals surface area contributed by atoms with Crippen LogP contribution in [-0.2, 0) is 11.3 Å². The minimum Gasteiger partial charge on any atom is -0.493 e. The Morgan fingerprint density at radius 2 is 1.74 bits per heavy atom. The maximum Gasteiger partial charge on any atom is 0.251 e. The van der Waals surface area contributed by atoms with Crippen molar-refractivity contribution in [3.05, 3.63) is 69.9 Å². The number of halogens is 1. The molecule has 0 aliphatic rings. The van der Waals surface area contributed by atoms with Crippen molar-refractivity contribution >= 4 is 29.0 Å². The Morgan fingerprint density at radius 3 is 2.26 bits per heavy atom. The number of rotatable bonds is 8. The number of carbonyl (C=O) groups is 1. The molecule has 31 heavy (non-hydrogen) atoms. The second-order valence-corrected chi connectivity index (χ2v) is 7.61. The predicted molar refractivity (Wildman–Crippen MR) is 120 cm³/mol. The van der Waals surface area contributed by atoms with E-state index in [0.717, 1.165) is 10.7 Å². The summed E-state index contributed by atoms with van der Waals surface area (Å²) in [5.41, 5.74) is 2.04. The van der Waals surface area contributed by atoms with Gasteiger partial charge in [-0.15, -0.1) is 11.3 Å². The summed E-state index contributed by atoms with van der Waals surface area (Å²) >= 11 is 1.51. The van der Waals surface area contributed by atoms with Gasteiger partial charge >= 0.3 is 0 Å². The number of ether oxygens (including phenoxy) is 3. The lowest BCUT2D eigenvalue weighted by molar-refractivity contribution is -0.114. The van der Waals surface area contributed by atoms with Crippen LogP contribution in [0.1, 0.15) is 16.3 Å². The summed E-state index contributed by atoms with van der Waals surface area (Å²) in [4.78, 5) is 19.1. The molecule has 3 rings (SSSR count). The molecule has 0 saturated heterocycles. The molecule has 2 aromatic carbocycles. The molecular weight excluding hydrogens is 419 g/mol. The number of hydrogen-bond donors (Lipinski definition) is 0. The number of methoxy groups -OCH3 is 3. The minimum absolute atomic E-state index is 0.272. The second-order valence-electron chi connectivity index (χ2n) is 6.55. The molecule has 8 heteroatoms. The first-order valence-electron chi connectivity index (χ1n) is 9.41. The lowest BCUT2D eigenvalue weighted by atomic mass is 10.1. The van der Waals surface area contributed by atoms with Crippen LogP contribution in [0.2, 0.25) is 0 Å². The number of thiazole rings is 1. The fraction of sp³-hybridized carbons (Fsp3) is 0.217. The average molecular weight is 443 g/mol. The normalized spacial score (nSPS) is 10.9. The van der Waals surface area contributed by atoms with Crippen LogP contribution in [0, 0.1) is 12.7 Å². The van der Waals surface area contributed by atoms with Crippen molar-refractivity contribution in [3.63, 3.8) is 0 Å². The lowest BCUT2D eigenvalue weighted by Crippen LogP contribution is -2.28. The molecule has 162 valence electrons. The molecule has 0 radical (unpaired) electrons. The molecule has 0 aliphatic carbocycles. The molecule has 3 aromatic rings. The summed E-state index contributed by atoms with van der Waals surface area (Å²) in [6, 6.07) is 9.28. The zero-order chi connectivity index (χ0) is 22.4. The number of benzene rings is 2. The van der Waals surface area contributed by atoms with Crippen LogP contribution in [0.3, 0.4) is 0 Å². The third-order valence-electron chi connectivity index (χ3n) is 4.50. The van der Waals surface area contributed by atoms with Crippen molar-refractivity contribution < 1.29 is 23.4 Å². The highest BCUT2D eigenvalue weighted by atomic mass is 32.1. The zero-order valence-electron chi connectivity index (χ0n) is 17.7. The van der Waals surface area contributed by atoms with Gasteiger partial charge < -0.3 is 19.1 Å². The SMILES string of the molecule is COc1cc(/C=C/C(=O)N(Cc2csc(C)n2)c2ccc(F)cc2)cc(OC)c1OC. The monoisotopic (exact) mass is 442 g/mol. The van der Waals surface area contributed by atoms with Crippen LogP contribution in [0.15, 0.2) is 47.9 Å². The van der Waals surface area contributed by atoms with E-state index < -0.39 is 0 Å². The number of nitrogens with zero attached hydrogens (tertiary/aromatic N) is 2. The van der Waals surface area contributed by atoms with Gasteiger partial charge in [0.2, 0.25) is 5.75 Å². The number of anilines is 1. The van der Waals surface area contributed by atoms with Crippen molar-refractivity contribution in [1.29, 1.82) is 0 Å². The van der Waals surface area contributed by atoms with Crippen molar-refractivity contribution in [3.8, 4) is 17.2 Å². The third-order valence-corrected chi connectivity index (χ3v) is 5.32. The van der Waals surface area contributed by atoms with Crippen molar-refractivity contribution in [2.24, 2.45) is 0 Å². The number of amides is 1. The quantitative estimate of drug-likeness (QED) is 0.466. The summed E-state index contributed by atoms with van der Waals surface area (Å²) in [6.45, 7) is 2.18. The summed E-state index contributed by atoms with van der Waals surface area (Å²) in [6.07, 6.45) is 3.11. The molecule has 0 saturated carbocycles. The van der Waals surface area contributed by atoms with Crippen LogP contribution < -0.4 is 19.1 Å². The minimum atomic E-state index is -0.367. The molecule has 6 nitrogen and oxygen atoms in total. The Bertz CT molecular complexity index is 1050. The molecule has 0 bridgehead atoms. The largest absolute Gasteiger partial charge is 0.493 e. The van der Waals surface area contributed by atoms with Gasteiger partial charge in [-0.2, -0.15) is 0 Å². The van der Waals surface area contributed by atoms with Gasteiger partial charge in [0, 0.05) is 17.1 Å². The maximum atomic E-state index is 13.4. The van der Waals surface area contributed by atoms with E-state index in [9.17, 15) is 9.18 Å². The van der Waals surface area contributed by atoms with Crippen LogP contribution in [0.5, 0.6) is 17.2 Å². The van der Waals surface area contributed by atoms with E-state index in [1.54, 1.807) is 35.2 Å². The standard InChI is InChI=1S/C23H23FN2O4S/c1-15-25-18(14-31-15)13-26(19-8-6-17(24)7-9-19)22(27)10-5-16-11-20(28-2)23(30-4)21(12-16)29-3/h5-12,14H,13H2,1-4H3/b10-5+. The molecule has 0 fully saturated rings. The molecule has 0 atom stereocenters. The smallest absolute Gasteiger partial charge is 0.251 e. The van der Waals surface area contributed by atoms with E-state index in [4.69, 9.17) is 14.2 Å². The molecule has 0 spiro atoms. The Balaban J connectivity index is 1.90. The first-order chi connectivity index (χ1) is 14.9. The highest BCUT2D eigenvalue weighted by Crippen LogP contribution is 2.38. The van der Waals surface area contributed by atoms with Gasteiger partial charge in [0.05, 0.1) is 38.6 Å². The molecule has 1 amide bonds. The number of carbonyl (C=O) groups excluding carboxylic acids is 1. The Morgan fingerprint density at radius 1 is 1.10 bits per heavy atom. The van der Waals surface area contributed by atoms with Gasteiger partial charge in [0.15, 0.2) is 11.5 Å². The highest BCUT2D eigenvalue weighted by molar-refractivity contribution is 7.09. The first kappa shape index (κ1) is 22.3. The van der Waals surface area contributed by atoms with Crippen LogP contribution in [0.4, 0.5) is 10.1 Å².